The van der Waals surface area contributed by atoms with Gasteiger partial charge >= 0.3 is 6.09 Å². The van der Waals surface area contributed by atoms with Crippen LogP contribution in [0.25, 0.3) is 16.7 Å². The average Bonchev–Trinajstić information content (AvgIpc) is 2.88. The maximum Gasteiger partial charge on any atom is 0.405 e. The van der Waals surface area contributed by atoms with Crippen molar-refractivity contribution in [2.75, 3.05) is 0 Å². The predicted octanol–water partition coefficient (Wildman–Crippen LogP) is 3.66. The zero-order chi connectivity index (χ0) is 15.7. The number of nitrogens with one attached hydrogen (secondary N) is 1. The lowest BCUT2D eigenvalue weighted by Gasteiger charge is -2.14. The van der Waals surface area contributed by atoms with Crippen LogP contribution in [-0.2, 0) is 0 Å². The molecule has 3 rings (SSSR count). The van der Waals surface area contributed by atoms with E-state index in [1.807, 2.05) is 60.0 Å². The van der Waals surface area contributed by atoms with Crippen LogP contribution in [-0.4, -0.2) is 20.8 Å². The second kappa shape index (κ2) is 5.52. The summed E-state index contributed by atoms with van der Waals surface area (Å²) in [7, 11) is 0. The van der Waals surface area contributed by atoms with Crippen molar-refractivity contribution in [3.63, 3.8) is 0 Å². The molecule has 2 N–H and O–H groups in total. The normalized spacial score (nSPS) is 12.3. The largest absolute Gasteiger partial charge is 0.465 e. The van der Waals surface area contributed by atoms with Gasteiger partial charge in [-0.15, -0.1) is 0 Å². The molecule has 1 atom stereocenters. The average molecular weight is 295 g/mol. The smallest absolute Gasteiger partial charge is 0.405 e. The number of fused-ring (bicyclic) bond motifs is 1. The first-order chi connectivity index (χ1) is 10.6. The minimum atomic E-state index is -1.06. The Hall–Kier alpha value is -2.82. The molecule has 0 radical (unpaired) electrons. The first kappa shape index (κ1) is 14.1. The van der Waals surface area contributed by atoms with Crippen molar-refractivity contribution < 1.29 is 9.90 Å². The van der Waals surface area contributed by atoms with Crippen molar-refractivity contribution in [3.8, 4) is 5.69 Å². The van der Waals surface area contributed by atoms with Crippen LogP contribution < -0.4 is 5.32 Å². The zero-order valence-corrected chi connectivity index (χ0v) is 12.4. The van der Waals surface area contributed by atoms with Crippen LogP contribution in [0.2, 0.25) is 0 Å². The Kier molecular flexibility index (Phi) is 3.55. The fraction of sp³-hybridized carbons (Fsp3) is 0.176. The van der Waals surface area contributed by atoms with Crippen LogP contribution in [0.15, 0.2) is 48.5 Å². The highest BCUT2D eigenvalue weighted by atomic mass is 16.4. The number of para-hydroxylation sites is 2. The van der Waals surface area contributed by atoms with Crippen LogP contribution in [0.3, 0.4) is 0 Å². The molecule has 0 fully saturated rings. The van der Waals surface area contributed by atoms with E-state index < -0.39 is 12.1 Å². The number of rotatable bonds is 3. The third-order valence-electron chi connectivity index (χ3n) is 3.65. The number of aryl methyl sites for hydroxylation is 1. The van der Waals surface area contributed by atoms with Crippen LogP contribution in [0.4, 0.5) is 4.79 Å². The van der Waals surface area contributed by atoms with E-state index in [4.69, 9.17) is 5.11 Å². The molecule has 5 heteroatoms. The van der Waals surface area contributed by atoms with Crippen molar-refractivity contribution in [2.24, 2.45) is 0 Å². The van der Waals surface area contributed by atoms with Gasteiger partial charge in [-0.05, 0) is 37.6 Å². The van der Waals surface area contributed by atoms with Crippen molar-refractivity contribution >= 4 is 17.1 Å². The van der Waals surface area contributed by atoms with Gasteiger partial charge in [-0.3, -0.25) is 4.57 Å². The highest BCUT2D eigenvalue weighted by Gasteiger charge is 2.19. The molecule has 0 unspecified atom stereocenters. The van der Waals surface area contributed by atoms with Crippen molar-refractivity contribution in [3.05, 3.63) is 59.9 Å². The maximum atomic E-state index is 11.0. The first-order valence-corrected chi connectivity index (χ1v) is 7.11. The Bertz CT molecular complexity index is 825. The first-order valence-electron chi connectivity index (χ1n) is 7.11. The number of hydrogen-bond acceptors (Lipinski definition) is 2. The van der Waals surface area contributed by atoms with Crippen molar-refractivity contribution in [1.82, 2.24) is 14.9 Å². The van der Waals surface area contributed by atoms with Gasteiger partial charge in [0, 0.05) is 5.69 Å². The molecule has 0 aliphatic heterocycles. The maximum absolute atomic E-state index is 11.0. The number of amides is 1. The molecule has 0 spiro atoms. The Morgan fingerprint density at radius 1 is 1.18 bits per heavy atom. The highest BCUT2D eigenvalue weighted by Crippen LogP contribution is 2.27. The Morgan fingerprint density at radius 2 is 1.91 bits per heavy atom. The highest BCUT2D eigenvalue weighted by molar-refractivity contribution is 5.81. The lowest BCUT2D eigenvalue weighted by Crippen LogP contribution is -2.26. The Morgan fingerprint density at radius 3 is 2.59 bits per heavy atom. The van der Waals surface area contributed by atoms with Gasteiger partial charge in [-0.1, -0.05) is 30.3 Å². The molecule has 1 aromatic heterocycles. The number of nitrogens with zero attached hydrogens (tertiary/aromatic N) is 2. The Labute approximate surface area is 128 Å². The summed E-state index contributed by atoms with van der Waals surface area (Å²) < 4.78 is 2.00. The van der Waals surface area contributed by atoms with Gasteiger partial charge < -0.3 is 10.4 Å². The fourth-order valence-corrected chi connectivity index (χ4v) is 2.65. The van der Waals surface area contributed by atoms with Gasteiger partial charge in [-0.25, -0.2) is 9.78 Å². The molecule has 5 nitrogen and oxygen atoms in total. The summed E-state index contributed by atoms with van der Waals surface area (Å²) in [6.45, 7) is 3.80. The van der Waals surface area contributed by atoms with Crippen LogP contribution >= 0.6 is 0 Å². The monoisotopic (exact) mass is 295 g/mol. The molecule has 0 saturated carbocycles. The molecule has 22 heavy (non-hydrogen) atoms. The number of carboxylic acid groups (broad SMARTS) is 1. The van der Waals surface area contributed by atoms with E-state index >= 15 is 0 Å². The molecule has 0 bridgehead atoms. The van der Waals surface area contributed by atoms with E-state index in [1.54, 1.807) is 6.92 Å². The van der Waals surface area contributed by atoms with Crippen LogP contribution in [0.5, 0.6) is 0 Å². The molecule has 1 heterocycles. The van der Waals surface area contributed by atoms with Gasteiger partial charge in [0.05, 0.1) is 17.1 Å². The number of benzene rings is 2. The zero-order valence-electron chi connectivity index (χ0n) is 12.4. The van der Waals surface area contributed by atoms with Gasteiger partial charge in [0.15, 0.2) is 0 Å². The molecule has 2 aromatic carbocycles. The topological polar surface area (TPSA) is 67.2 Å². The van der Waals surface area contributed by atoms with Gasteiger partial charge in [-0.2, -0.15) is 0 Å². The van der Waals surface area contributed by atoms with Gasteiger partial charge in [0.2, 0.25) is 0 Å². The van der Waals surface area contributed by atoms with Crippen LogP contribution in [0.1, 0.15) is 24.4 Å². The van der Waals surface area contributed by atoms with E-state index in [0.29, 0.717) is 5.82 Å². The molecule has 0 aliphatic rings. The van der Waals surface area contributed by atoms with Crippen molar-refractivity contribution in [1.29, 1.82) is 0 Å². The summed E-state index contributed by atoms with van der Waals surface area (Å²) in [5, 5.41) is 11.5. The quantitative estimate of drug-likeness (QED) is 0.775. The SMILES string of the molecule is Cc1cccc2c1nc([C@H](C)NC(=O)O)n2-c1ccccc1. The number of imidazole rings is 1. The second-order valence-corrected chi connectivity index (χ2v) is 5.25. The van der Waals surface area contributed by atoms with E-state index in [2.05, 4.69) is 10.3 Å². The summed E-state index contributed by atoms with van der Waals surface area (Å²) >= 11 is 0. The van der Waals surface area contributed by atoms with E-state index in [1.165, 1.54) is 0 Å². The third-order valence-corrected chi connectivity index (χ3v) is 3.65. The van der Waals surface area contributed by atoms with Crippen molar-refractivity contribution in [2.45, 2.75) is 19.9 Å². The summed E-state index contributed by atoms with van der Waals surface area (Å²) in [5.74, 6) is 0.679. The van der Waals surface area contributed by atoms with Gasteiger partial charge in [0.25, 0.3) is 0 Å². The van der Waals surface area contributed by atoms with Crippen LogP contribution in [0, 0.1) is 6.92 Å². The lowest BCUT2D eigenvalue weighted by molar-refractivity contribution is 0.190. The predicted molar refractivity (Wildman–Crippen MR) is 85.4 cm³/mol. The second-order valence-electron chi connectivity index (χ2n) is 5.25. The van der Waals surface area contributed by atoms with E-state index in [0.717, 1.165) is 22.3 Å². The molecule has 3 aromatic rings. The molecule has 1 amide bonds. The molecule has 112 valence electrons. The lowest BCUT2D eigenvalue weighted by atomic mass is 10.2. The number of hydrogen-bond donors (Lipinski definition) is 2. The number of carbonyl (C=O) groups is 1. The Balaban J connectivity index is 2.26. The summed E-state index contributed by atoms with van der Waals surface area (Å²) in [4.78, 5) is 15.6. The summed E-state index contributed by atoms with van der Waals surface area (Å²) in [6, 6.07) is 15.4. The molecule has 0 saturated heterocycles. The minimum Gasteiger partial charge on any atom is -0.465 e. The molecular weight excluding hydrogens is 278 g/mol. The number of aromatic nitrogens is 2. The molecule has 0 aliphatic carbocycles. The summed E-state index contributed by atoms with van der Waals surface area (Å²) in [6.07, 6.45) is -1.06. The third kappa shape index (κ3) is 2.41. The molecular formula is C17H17N3O2. The van der Waals surface area contributed by atoms with E-state index in [-0.39, 0.29) is 0 Å². The van der Waals surface area contributed by atoms with Gasteiger partial charge in [0.1, 0.15) is 5.82 Å². The minimum absolute atomic E-state index is 0.412. The standard InChI is InChI=1S/C17H17N3O2/c1-11-7-6-10-14-15(11)19-16(12(2)18-17(21)22)20(14)13-8-4-3-5-9-13/h3-10,12,18H,1-2H3,(H,21,22)/t12-/m0/s1. The fourth-order valence-electron chi connectivity index (χ4n) is 2.65. The summed E-state index contributed by atoms with van der Waals surface area (Å²) in [5.41, 5.74) is 3.89. The van der Waals surface area contributed by atoms with E-state index in [9.17, 15) is 4.79 Å².